The number of carbonyl (C=O) groups excluding carboxylic acids is 1. The Morgan fingerprint density at radius 2 is 1.89 bits per heavy atom. The van der Waals surface area contributed by atoms with Crippen molar-refractivity contribution in [2.75, 3.05) is 14.2 Å². The SMILES string of the molecule is COc1cc(C)c(C(=O)CCC(C)OC)cc1C. The average Bonchev–Trinajstić information content (AvgIpc) is 2.37. The first kappa shape index (κ1) is 14.7. The van der Waals surface area contributed by atoms with Gasteiger partial charge in [-0.3, -0.25) is 4.79 Å². The number of hydrogen-bond donors (Lipinski definition) is 0. The third-order valence-electron chi connectivity index (χ3n) is 3.22. The molecule has 0 bridgehead atoms. The third-order valence-corrected chi connectivity index (χ3v) is 3.22. The molecule has 0 saturated carbocycles. The monoisotopic (exact) mass is 250 g/mol. The average molecular weight is 250 g/mol. The molecule has 0 amide bonds. The van der Waals surface area contributed by atoms with Crippen LogP contribution in [0, 0.1) is 13.8 Å². The van der Waals surface area contributed by atoms with Crippen LogP contribution in [0.3, 0.4) is 0 Å². The number of rotatable bonds is 6. The summed E-state index contributed by atoms with van der Waals surface area (Å²) in [5, 5.41) is 0. The van der Waals surface area contributed by atoms with E-state index in [1.165, 1.54) is 0 Å². The summed E-state index contributed by atoms with van der Waals surface area (Å²) >= 11 is 0. The molecule has 1 rings (SSSR count). The summed E-state index contributed by atoms with van der Waals surface area (Å²) in [5.41, 5.74) is 2.75. The lowest BCUT2D eigenvalue weighted by atomic mass is 9.98. The van der Waals surface area contributed by atoms with Gasteiger partial charge < -0.3 is 9.47 Å². The van der Waals surface area contributed by atoms with E-state index in [0.717, 1.165) is 28.9 Å². The molecule has 18 heavy (non-hydrogen) atoms. The van der Waals surface area contributed by atoms with E-state index >= 15 is 0 Å². The fourth-order valence-electron chi connectivity index (χ4n) is 1.90. The quantitative estimate of drug-likeness (QED) is 0.727. The van der Waals surface area contributed by atoms with E-state index in [4.69, 9.17) is 9.47 Å². The number of carbonyl (C=O) groups is 1. The Morgan fingerprint density at radius 1 is 1.22 bits per heavy atom. The van der Waals surface area contributed by atoms with Crippen molar-refractivity contribution in [3.8, 4) is 5.75 Å². The van der Waals surface area contributed by atoms with Gasteiger partial charge in [-0.15, -0.1) is 0 Å². The lowest BCUT2D eigenvalue weighted by Crippen LogP contribution is -2.10. The Morgan fingerprint density at radius 3 is 2.44 bits per heavy atom. The maximum absolute atomic E-state index is 12.1. The molecule has 0 aromatic heterocycles. The summed E-state index contributed by atoms with van der Waals surface area (Å²) in [7, 11) is 3.31. The van der Waals surface area contributed by atoms with Crippen molar-refractivity contribution in [2.45, 2.75) is 39.7 Å². The van der Waals surface area contributed by atoms with Crippen LogP contribution in [0.25, 0.3) is 0 Å². The molecule has 0 spiro atoms. The van der Waals surface area contributed by atoms with Crippen molar-refractivity contribution in [2.24, 2.45) is 0 Å². The summed E-state index contributed by atoms with van der Waals surface area (Å²) in [6.07, 6.45) is 1.38. The van der Waals surface area contributed by atoms with Crippen molar-refractivity contribution >= 4 is 5.78 Å². The van der Waals surface area contributed by atoms with Crippen LogP contribution in [0.2, 0.25) is 0 Å². The van der Waals surface area contributed by atoms with Crippen LogP contribution in [0.5, 0.6) is 5.75 Å². The molecular weight excluding hydrogens is 228 g/mol. The number of Topliss-reactive ketones (excluding diaryl/α,β-unsaturated/α-hetero) is 1. The zero-order valence-electron chi connectivity index (χ0n) is 11.9. The highest BCUT2D eigenvalue weighted by Crippen LogP contribution is 2.23. The summed E-state index contributed by atoms with van der Waals surface area (Å²) in [5.74, 6) is 0.997. The number of methoxy groups -OCH3 is 2. The van der Waals surface area contributed by atoms with E-state index in [-0.39, 0.29) is 11.9 Å². The molecule has 1 aromatic rings. The van der Waals surface area contributed by atoms with E-state index < -0.39 is 0 Å². The van der Waals surface area contributed by atoms with Gasteiger partial charge in [0.2, 0.25) is 0 Å². The van der Waals surface area contributed by atoms with Crippen molar-refractivity contribution in [3.63, 3.8) is 0 Å². The van der Waals surface area contributed by atoms with E-state index in [1.54, 1.807) is 14.2 Å². The molecule has 1 atom stereocenters. The Labute approximate surface area is 109 Å². The van der Waals surface area contributed by atoms with Crippen molar-refractivity contribution in [1.82, 2.24) is 0 Å². The number of benzene rings is 1. The molecule has 0 aliphatic rings. The van der Waals surface area contributed by atoms with Crippen molar-refractivity contribution in [1.29, 1.82) is 0 Å². The van der Waals surface area contributed by atoms with E-state index in [9.17, 15) is 4.79 Å². The molecule has 0 N–H and O–H groups in total. The third kappa shape index (κ3) is 3.57. The zero-order chi connectivity index (χ0) is 13.7. The second-order valence-electron chi connectivity index (χ2n) is 4.64. The summed E-state index contributed by atoms with van der Waals surface area (Å²) in [4.78, 5) is 12.1. The van der Waals surface area contributed by atoms with Crippen LogP contribution in [-0.2, 0) is 4.74 Å². The normalized spacial score (nSPS) is 12.3. The van der Waals surface area contributed by atoms with Gasteiger partial charge in [0.25, 0.3) is 0 Å². The minimum absolute atomic E-state index is 0.119. The number of aryl methyl sites for hydroxylation is 2. The molecule has 0 heterocycles. The van der Waals surface area contributed by atoms with Gasteiger partial charge in [-0.2, -0.15) is 0 Å². The lowest BCUT2D eigenvalue weighted by Gasteiger charge is -2.12. The highest BCUT2D eigenvalue weighted by molar-refractivity contribution is 5.97. The maximum atomic E-state index is 12.1. The Bertz CT molecular complexity index is 424. The Hall–Kier alpha value is -1.35. The van der Waals surface area contributed by atoms with Crippen LogP contribution in [0.4, 0.5) is 0 Å². The highest BCUT2D eigenvalue weighted by Gasteiger charge is 2.13. The topological polar surface area (TPSA) is 35.5 Å². The number of hydrogen-bond acceptors (Lipinski definition) is 3. The fraction of sp³-hybridized carbons (Fsp3) is 0.533. The van der Waals surface area contributed by atoms with Crippen LogP contribution >= 0.6 is 0 Å². The van der Waals surface area contributed by atoms with Gasteiger partial charge >= 0.3 is 0 Å². The summed E-state index contributed by atoms with van der Waals surface area (Å²) in [6.45, 7) is 5.86. The van der Waals surface area contributed by atoms with Gasteiger partial charge in [0.1, 0.15) is 5.75 Å². The number of ether oxygens (including phenoxy) is 2. The molecule has 0 radical (unpaired) electrons. The lowest BCUT2D eigenvalue weighted by molar-refractivity contribution is 0.0877. The van der Waals surface area contributed by atoms with Crippen LogP contribution in [0.15, 0.2) is 12.1 Å². The molecule has 0 aliphatic heterocycles. The van der Waals surface area contributed by atoms with Crippen molar-refractivity contribution < 1.29 is 14.3 Å². The molecule has 0 fully saturated rings. The van der Waals surface area contributed by atoms with Gasteiger partial charge in [0.05, 0.1) is 13.2 Å². The largest absolute Gasteiger partial charge is 0.496 e. The number of ketones is 1. The summed E-state index contributed by atoms with van der Waals surface area (Å²) in [6, 6.07) is 3.83. The van der Waals surface area contributed by atoms with Crippen LogP contribution in [-0.4, -0.2) is 26.1 Å². The van der Waals surface area contributed by atoms with Gasteiger partial charge in [-0.05, 0) is 50.5 Å². The minimum atomic E-state index is 0.119. The predicted molar refractivity (Wildman–Crippen MR) is 72.5 cm³/mol. The maximum Gasteiger partial charge on any atom is 0.163 e. The molecule has 3 nitrogen and oxygen atoms in total. The Balaban J connectivity index is 2.83. The molecule has 0 saturated heterocycles. The molecule has 1 aromatic carbocycles. The smallest absolute Gasteiger partial charge is 0.163 e. The zero-order valence-corrected chi connectivity index (χ0v) is 11.9. The second-order valence-corrected chi connectivity index (χ2v) is 4.64. The van der Waals surface area contributed by atoms with Crippen molar-refractivity contribution in [3.05, 3.63) is 28.8 Å². The minimum Gasteiger partial charge on any atom is -0.496 e. The second kappa shape index (κ2) is 6.55. The van der Waals surface area contributed by atoms with E-state index in [1.807, 2.05) is 32.9 Å². The van der Waals surface area contributed by atoms with Gasteiger partial charge in [0, 0.05) is 19.1 Å². The first-order chi connectivity index (χ1) is 8.49. The molecular formula is C15H22O3. The van der Waals surface area contributed by atoms with E-state index in [2.05, 4.69) is 0 Å². The standard InChI is InChI=1S/C15H22O3/c1-10-9-15(18-5)11(2)8-13(10)14(16)7-6-12(3)17-4/h8-9,12H,6-7H2,1-5H3. The fourth-order valence-corrected chi connectivity index (χ4v) is 1.90. The van der Waals surface area contributed by atoms with Gasteiger partial charge in [-0.25, -0.2) is 0 Å². The Kier molecular flexibility index (Phi) is 5.35. The van der Waals surface area contributed by atoms with Gasteiger partial charge in [-0.1, -0.05) is 0 Å². The van der Waals surface area contributed by atoms with Crippen LogP contribution in [0.1, 0.15) is 41.3 Å². The van der Waals surface area contributed by atoms with Gasteiger partial charge in [0.15, 0.2) is 5.78 Å². The molecule has 3 heteroatoms. The molecule has 1 unspecified atom stereocenters. The highest BCUT2D eigenvalue weighted by atomic mass is 16.5. The first-order valence-electron chi connectivity index (χ1n) is 6.20. The van der Waals surface area contributed by atoms with E-state index in [0.29, 0.717) is 6.42 Å². The molecule has 0 aliphatic carbocycles. The molecule has 100 valence electrons. The van der Waals surface area contributed by atoms with Crippen LogP contribution < -0.4 is 4.74 Å². The predicted octanol–water partition coefficient (Wildman–Crippen LogP) is 3.31. The summed E-state index contributed by atoms with van der Waals surface area (Å²) < 4.78 is 10.4. The first-order valence-corrected chi connectivity index (χ1v) is 6.20.